The van der Waals surface area contributed by atoms with Crippen LogP contribution in [0.2, 0.25) is 0 Å². The van der Waals surface area contributed by atoms with Gasteiger partial charge in [-0.2, -0.15) is 5.10 Å². The predicted molar refractivity (Wildman–Crippen MR) is 120 cm³/mol. The molecular formula is C22H24N6O2S. The number of nitrogens with one attached hydrogen (secondary N) is 2. The molecule has 8 nitrogen and oxygen atoms in total. The van der Waals surface area contributed by atoms with Crippen LogP contribution in [0.15, 0.2) is 48.8 Å². The average molecular weight is 437 g/mol. The molecule has 0 aliphatic carbocycles. The molecular weight excluding hydrogens is 412 g/mol. The Bertz CT molecular complexity index is 1290. The molecule has 0 fully saturated rings. The normalized spacial score (nSPS) is 11.2. The van der Waals surface area contributed by atoms with Gasteiger partial charge in [0.15, 0.2) is 10.6 Å². The van der Waals surface area contributed by atoms with Crippen molar-refractivity contribution in [2.45, 2.75) is 40.0 Å². The second-order valence-electron chi connectivity index (χ2n) is 7.61. The van der Waals surface area contributed by atoms with E-state index in [9.17, 15) is 4.79 Å². The third-order valence-corrected chi connectivity index (χ3v) is 5.12. The number of aromatic nitrogens is 5. The van der Waals surface area contributed by atoms with Crippen LogP contribution >= 0.6 is 12.2 Å². The largest absolute Gasteiger partial charge is 0.487 e. The van der Waals surface area contributed by atoms with Gasteiger partial charge < -0.3 is 19.0 Å². The molecule has 0 radical (unpaired) electrons. The molecule has 160 valence electrons. The molecule has 9 heteroatoms. The van der Waals surface area contributed by atoms with E-state index in [0.717, 1.165) is 16.9 Å². The van der Waals surface area contributed by atoms with Gasteiger partial charge in [0.2, 0.25) is 0 Å². The van der Waals surface area contributed by atoms with Crippen LogP contribution in [0.3, 0.4) is 0 Å². The van der Waals surface area contributed by atoms with E-state index in [2.05, 4.69) is 20.5 Å². The number of ether oxygens (including phenoxy) is 1. The quantitative estimate of drug-likeness (QED) is 0.428. The number of hydrogen-bond acceptors (Lipinski definition) is 5. The molecule has 0 aliphatic rings. The molecule has 0 bridgehead atoms. The van der Waals surface area contributed by atoms with Gasteiger partial charge in [-0.05, 0) is 62.8 Å². The molecule has 0 aliphatic heterocycles. The molecule has 0 saturated heterocycles. The van der Waals surface area contributed by atoms with Gasteiger partial charge in [-0.25, -0.2) is 4.98 Å². The minimum absolute atomic E-state index is 0.151. The summed E-state index contributed by atoms with van der Waals surface area (Å²) in [6.45, 7) is 6.66. The van der Waals surface area contributed by atoms with E-state index in [4.69, 9.17) is 17.0 Å². The SMILES string of the molecule is Cc1ccc2nc(COc3cccc(C(=O)NCc4n[nH]c(=S)n4C(C)C)c3)cn2c1. The maximum atomic E-state index is 12.6. The molecule has 3 heterocycles. The molecule has 0 spiro atoms. The summed E-state index contributed by atoms with van der Waals surface area (Å²) in [7, 11) is 0. The summed E-state index contributed by atoms with van der Waals surface area (Å²) < 4.78 is 10.3. The van der Waals surface area contributed by atoms with Crippen molar-refractivity contribution in [2.24, 2.45) is 0 Å². The Kier molecular flexibility index (Phi) is 5.85. The zero-order valence-corrected chi connectivity index (χ0v) is 18.4. The number of benzene rings is 1. The van der Waals surface area contributed by atoms with E-state index >= 15 is 0 Å². The number of rotatable bonds is 7. The van der Waals surface area contributed by atoms with Crippen LogP contribution in [0.1, 0.15) is 47.3 Å². The van der Waals surface area contributed by atoms with Crippen LogP contribution in [-0.4, -0.2) is 30.1 Å². The van der Waals surface area contributed by atoms with Gasteiger partial charge in [-0.1, -0.05) is 12.1 Å². The Labute approximate surface area is 184 Å². The smallest absolute Gasteiger partial charge is 0.251 e. The lowest BCUT2D eigenvalue weighted by Gasteiger charge is -2.11. The van der Waals surface area contributed by atoms with Gasteiger partial charge >= 0.3 is 0 Å². The number of hydrogen-bond donors (Lipinski definition) is 2. The lowest BCUT2D eigenvalue weighted by atomic mass is 10.2. The highest BCUT2D eigenvalue weighted by molar-refractivity contribution is 7.71. The zero-order chi connectivity index (χ0) is 22.0. The molecule has 2 N–H and O–H groups in total. The monoisotopic (exact) mass is 436 g/mol. The van der Waals surface area contributed by atoms with Crippen LogP contribution in [-0.2, 0) is 13.2 Å². The van der Waals surface area contributed by atoms with Crippen molar-refractivity contribution in [3.8, 4) is 5.75 Å². The van der Waals surface area contributed by atoms with Gasteiger partial charge in [-0.15, -0.1) is 0 Å². The third-order valence-electron chi connectivity index (χ3n) is 4.83. The molecule has 1 amide bonds. The van der Waals surface area contributed by atoms with E-state index in [1.54, 1.807) is 18.2 Å². The van der Waals surface area contributed by atoms with Crippen molar-refractivity contribution in [1.29, 1.82) is 0 Å². The van der Waals surface area contributed by atoms with Crippen molar-refractivity contribution < 1.29 is 9.53 Å². The molecule has 0 atom stereocenters. The number of H-pyrrole nitrogens is 1. The second-order valence-corrected chi connectivity index (χ2v) is 8.00. The maximum Gasteiger partial charge on any atom is 0.251 e. The number of amides is 1. The highest BCUT2D eigenvalue weighted by Crippen LogP contribution is 2.16. The van der Waals surface area contributed by atoms with Crippen molar-refractivity contribution in [3.05, 3.63) is 76.2 Å². The molecule has 0 unspecified atom stereocenters. The fourth-order valence-corrected chi connectivity index (χ4v) is 3.73. The fourth-order valence-electron chi connectivity index (χ4n) is 3.37. The lowest BCUT2D eigenvalue weighted by Crippen LogP contribution is -2.25. The first-order valence-corrected chi connectivity index (χ1v) is 10.4. The summed E-state index contributed by atoms with van der Waals surface area (Å²) in [5.74, 6) is 1.08. The Morgan fingerprint density at radius 2 is 2.10 bits per heavy atom. The van der Waals surface area contributed by atoms with Crippen LogP contribution < -0.4 is 10.1 Å². The van der Waals surface area contributed by atoms with E-state index in [1.807, 2.05) is 60.3 Å². The predicted octanol–water partition coefficient (Wildman–Crippen LogP) is 3.99. The molecule has 3 aromatic heterocycles. The Hall–Kier alpha value is -3.46. The number of nitrogens with zero attached hydrogens (tertiary/aromatic N) is 4. The molecule has 0 saturated carbocycles. The van der Waals surface area contributed by atoms with Crippen LogP contribution in [0, 0.1) is 11.7 Å². The Balaban J connectivity index is 1.40. The third kappa shape index (κ3) is 4.66. The number of carbonyl (C=O) groups excluding carboxylic acids is 1. The summed E-state index contributed by atoms with van der Waals surface area (Å²) in [5.41, 5.74) is 3.36. The standard InChI is InChI=1S/C22H24N6O2S/c1-14(2)28-20(25-26-22(28)31)10-23-21(29)16-5-4-6-18(9-16)30-13-17-12-27-11-15(3)7-8-19(27)24-17/h4-9,11-12,14H,10,13H2,1-3H3,(H,23,29)(H,26,31). The van der Waals surface area contributed by atoms with Gasteiger partial charge in [0.1, 0.15) is 18.0 Å². The first-order chi connectivity index (χ1) is 14.9. The van der Waals surface area contributed by atoms with Gasteiger partial charge in [0.05, 0.1) is 12.2 Å². The highest BCUT2D eigenvalue weighted by Gasteiger charge is 2.12. The van der Waals surface area contributed by atoms with Gasteiger partial charge in [0.25, 0.3) is 5.91 Å². The van der Waals surface area contributed by atoms with Crippen molar-refractivity contribution >= 4 is 23.8 Å². The lowest BCUT2D eigenvalue weighted by molar-refractivity contribution is 0.0948. The minimum atomic E-state index is -0.210. The average Bonchev–Trinajstić information content (AvgIpc) is 3.33. The topological polar surface area (TPSA) is 89.2 Å². The number of fused-ring (bicyclic) bond motifs is 1. The summed E-state index contributed by atoms with van der Waals surface area (Å²) in [6.07, 6.45) is 3.97. The van der Waals surface area contributed by atoms with E-state index in [-0.39, 0.29) is 18.5 Å². The molecule has 4 rings (SSSR count). The first kappa shape index (κ1) is 20.8. The van der Waals surface area contributed by atoms with Crippen molar-refractivity contribution in [2.75, 3.05) is 0 Å². The fraction of sp³-hybridized carbons (Fsp3) is 0.273. The number of carbonyl (C=O) groups is 1. The second kappa shape index (κ2) is 8.73. The number of imidazole rings is 1. The zero-order valence-electron chi connectivity index (χ0n) is 17.6. The maximum absolute atomic E-state index is 12.6. The number of aromatic amines is 1. The summed E-state index contributed by atoms with van der Waals surface area (Å²) in [4.78, 5) is 17.2. The Morgan fingerprint density at radius 3 is 2.90 bits per heavy atom. The first-order valence-electron chi connectivity index (χ1n) is 10.0. The van der Waals surface area contributed by atoms with Gasteiger partial charge in [0, 0.05) is 24.0 Å². The summed E-state index contributed by atoms with van der Waals surface area (Å²) in [5, 5.41) is 9.86. The van der Waals surface area contributed by atoms with Crippen LogP contribution in [0.25, 0.3) is 5.65 Å². The van der Waals surface area contributed by atoms with E-state index < -0.39 is 0 Å². The Morgan fingerprint density at radius 1 is 1.26 bits per heavy atom. The molecule has 4 aromatic rings. The van der Waals surface area contributed by atoms with Gasteiger partial charge in [-0.3, -0.25) is 9.89 Å². The van der Waals surface area contributed by atoms with E-state index in [1.165, 1.54) is 0 Å². The number of pyridine rings is 1. The van der Waals surface area contributed by atoms with Crippen molar-refractivity contribution in [1.82, 2.24) is 29.5 Å². The highest BCUT2D eigenvalue weighted by atomic mass is 32.1. The van der Waals surface area contributed by atoms with Crippen molar-refractivity contribution in [3.63, 3.8) is 0 Å². The van der Waals surface area contributed by atoms with E-state index in [0.29, 0.717) is 28.5 Å². The summed E-state index contributed by atoms with van der Waals surface area (Å²) in [6, 6.07) is 11.2. The number of aryl methyl sites for hydroxylation is 1. The molecule has 31 heavy (non-hydrogen) atoms. The van der Waals surface area contributed by atoms with Crippen LogP contribution in [0.4, 0.5) is 0 Å². The van der Waals surface area contributed by atoms with Crippen LogP contribution in [0.5, 0.6) is 5.75 Å². The molecule has 1 aromatic carbocycles. The minimum Gasteiger partial charge on any atom is -0.487 e. The summed E-state index contributed by atoms with van der Waals surface area (Å²) >= 11 is 5.25.